The van der Waals surface area contributed by atoms with E-state index >= 15 is 0 Å². The van der Waals surface area contributed by atoms with E-state index in [2.05, 4.69) is 16.8 Å². The van der Waals surface area contributed by atoms with E-state index in [1.54, 1.807) is 12.1 Å². The fraction of sp³-hybridized carbons (Fsp3) is 0.600. The van der Waals surface area contributed by atoms with Crippen molar-refractivity contribution in [2.75, 3.05) is 24.6 Å². The monoisotopic (exact) mass is 278 g/mol. The van der Waals surface area contributed by atoms with Gasteiger partial charge in [-0.25, -0.2) is 9.78 Å². The van der Waals surface area contributed by atoms with Crippen molar-refractivity contribution in [3.63, 3.8) is 0 Å². The molecule has 0 amide bonds. The van der Waals surface area contributed by atoms with Crippen molar-refractivity contribution in [1.82, 2.24) is 4.98 Å². The van der Waals surface area contributed by atoms with E-state index in [9.17, 15) is 9.90 Å². The molecule has 1 aromatic rings. The van der Waals surface area contributed by atoms with Gasteiger partial charge in [0.25, 0.3) is 0 Å². The number of carbonyl (C=O) groups is 1. The Balaban J connectivity index is 2.20. The van der Waals surface area contributed by atoms with Crippen molar-refractivity contribution in [2.45, 2.75) is 32.6 Å². The number of aromatic carboxylic acids is 1. The van der Waals surface area contributed by atoms with Crippen LogP contribution < -0.4 is 4.90 Å². The summed E-state index contributed by atoms with van der Waals surface area (Å²) in [5.74, 6) is 0.213. The van der Waals surface area contributed by atoms with Gasteiger partial charge in [0.1, 0.15) is 5.82 Å². The van der Waals surface area contributed by atoms with Crippen LogP contribution in [0.3, 0.4) is 0 Å². The molecule has 0 unspecified atom stereocenters. The molecule has 5 heteroatoms. The molecule has 1 aliphatic heterocycles. The molecule has 0 atom stereocenters. The lowest BCUT2D eigenvalue weighted by atomic mass is 9.98. The quantitative estimate of drug-likeness (QED) is 0.861. The third-order valence-corrected chi connectivity index (χ3v) is 3.81. The molecule has 0 radical (unpaired) electrons. The number of anilines is 1. The molecule has 1 fully saturated rings. The van der Waals surface area contributed by atoms with Crippen molar-refractivity contribution in [3.05, 3.63) is 23.4 Å². The second-order valence-corrected chi connectivity index (χ2v) is 5.37. The Morgan fingerprint density at radius 1 is 1.40 bits per heavy atom. The van der Waals surface area contributed by atoms with Crippen molar-refractivity contribution in [3.8, 4) is 0 Å². The molecule has 0 bridgehead atoms. The smallest absolute Gasteiger partial charge is 0.335 e. The molecule has 0 saturated carbocycles. The molecule has 2 heterocycles. The fourth-order valence-electron chi connectivity index (χ4n) is 2.59. The predicted molar refractivity (Wildman–Crippen MR) is 77.2 cm³/mol. The van der Waals surface area contributed by atoms with Gasteiger partial charge in [0.15, 0.2) is 0 Å². The van der Waals surface area contributed by atoms with Crippen LogP contribution in [0.4, 0.5) is 5.82 Å². The van der Waals surface area contributed by atoms with Gasteiger partial charge < -0.3 is 15.1 Å². The van der Waals surface area contributed by atoms with Crippen LogP contribution in [0.5, 0.6) is 0 Å². The van der Waals surface area contributed by atoms with E-state index in [-0.39, 0.29) is 6.61 Å². The number of carboxylic acid groups (broad SMARTS) is 1. The predicted octanol–water partition coefficient (Wildman–Crippen LogP) is 1.94. The number of rotatable bonds is 5. The summed E-state index contributed by atoms with van der Waals surface area (Å²) in [6, 6.07) is 3.32. The first kappa shape index (κ1) is 14.8. The van der Waals surface area contributed by atoms with Gasteiger partial charge in [-0.15, -0.1) is 0 Å². The zero-order valence-electron chi connectivity index (χ0n) is 11.9. The number of carboxylic acids is 1. The van der Waals surface area contributed by atoms with Crippen molar-refractivity contribution in [1.29, 1.82) is 0 Å². The summed E-state index contributed by atoms with van der Waals surface area (Å²) in [6.07, 6.45) is 3.60. The van der Waals surface area contributed by atoms with E-state index < -0.39 is 5.97 Å². The van der Waals surface area contributed by atoms with Crippen molar-refractivity contribution < 1.29 is 15.0 Å². The van der Waals surface area contributed by atoms with Crippen LogP contribution in [0, 0.1) is 5.92 Å². The third kappa shape index (κ3) is 3.48. The highest BCUT2D eigenvalue weighted by Crippen LogP contribution is 2.23. The summed E-state index contributed by atoms with van der Waals surface area (Å²) in [5, 5.41) is 18.4. The maximum absolute atomic E-state index is 11.2. The average molecular weight is 278 g/mol. The van der Waals surface area contributed by atoms with Gasteiger partial charge in [0.2, 0.25) is 0 Å². The fourth-order valence-corrected chi connectivity index (χ4v) is 2.59. The zero-order chi connectivity index (χ0) is 14.5. The van der Waals surface area contributed by atoms with E-state index in [4.69, 9.17) is 5.11 Å². The van der Waals surface area contributed by atoms with E-state index in [0.29, 0.717) is 11.5 Å². The lowest BCUT2D eigenvalue weighted by molar-refractivity contribution is 0.0696. The standard InChI is InChI=1S/C15H22N2O3/c1-2-3-13-8-12(15(19)20)9-14(16-13)17-6-4-11(10-18)5-7-17/h8-9,11,18H,2-7,10H2,1H3,(H,19,20). The molecule has 5 nitrogen and oxygen atoms in total. The average Bonchev–Trinajstić information content (AvgIpc) is 2.47. The number of nitrogens with zero attached hydrogens (tertiary/aromatic N) is 2. The summed E-state index contributed by atoms with van der Waals surface area (Å²) < 4.78 is 0. The molecule has 20 heavy (non-hydrogen) atoms. The molecule has 2 N–H and O–H groups in total. The summed E-state index contributed by atoms with van der Waals surface area (Å²) in [4.78, 5) is 17.9. The highest BCUT2D eigenvalue weighted by Gasteiger charge is 2.20. The molecule has 110 valence electrons. The van der Waals surface area contributed by atoms with Gasteiger partial charge >= 0.3 is 5.97 Å². The lowest BCUT2D eigenvalue weighted by Gasteiger charge is -2.32. The minimum Gasteiger partial charge on any atom is -0.478 e. The van der Waals surface area contributed by atoms with Gasteiger partial charge in [0.05, 0.1) is 5.56 Å². The number of hydrogen-bond acceptors (Lipinski definition) is 4. The Hall–Kier alpha value is -1.62. The van der Waals surface area contributed by atoms with Crippen LogP contribution in [0.2, 0.25) is 0 Å². The van der Waals surface area contributed by atoms with Gasteiger partial charge in [-0.05, 0) is 37.3 Å². The van der Waals surface area contributed by atoms with E-state index in [0.717, 1.165) is 50.3 Å². The van der Waals surface area contributed by atoms with Crippen LogP contribution in [0.15, 0.2) is 12.1 Å². The number of pyridine rings is 1. The van der Waals surface area contributed by atoms with Crippen LogP contribution in [0.25, 0.3) is 0 Å². The van der Waals surface area contributed by atoms with Crippen LogP contribution >= 0.6 is 0 Å². The Kier molecular flexibility index (Phi) is 4.95. The largest absolute Gasteiger partial charge is 0.478 e. The first-order chi connectivity index (χ1) is 9.63. The van der Waals surface area contributed by atoms with E-state index in [1.807, 2.05) is 0 Å². The number of aliphatic hydroxyl groups excluding tert-OH is 1. The van der Waals surface area contributed by atoms with Crippen molar-refractivity contribution >= 4 is 11.8 Å². The normalized spacial score (nSPS) is 16.4. The molecule has 1 aliphatic rings. The van der Waals surface area contributed by atoms with Crippen LogP contribution in [-0.4, -0.2) is 40.9 Å². The topological polar surface area (TPSA) is 73.7 Å². The molecule has 1 saturated heterocycles. The molecule has 2 rings (SSSR count). The molecular formula is C15H22N2O3. The first-order valence-corrected chi connectivity index (χ1v) is 7.24. The molecule has 0 aromatic carbocycles. The molecule has 0 aliphatic carbocycles. The Morgan fingerprint density at radius 3 is 2.65 bits per heavy atom. The highest BCUT2D eigenvalue weighted by molar-refractivity contribution is 5.88. The maximum atomic E-state index is 11.2. The second kappa shape index (κ2) is 6.70. The van der Waals surface area contributed by atoms with Gasteiger partial charge in [-0.3, -0.25) is 0 Å². The number of aromatic nitrogens is 1. The van der Waals surface area contributed by atoms with Crippen molar-refractivity contribution in [2.24, 2.45) is 5.92 Å². The maximum Gasteiger partial charge on any atom is 0.335 e. The summed E-state index contributed by atoms with van der Waals surface area (Å²) in [7, 11) is 0. The Bertz CT molecular complexity index is 468. The number of aryl methyl sites for hydroxylation is 1. The number of hydrogen-bond donors (Lipinski definition) is 2. The minimum atomic E-state index is -0.906. The highest BCUT2D eigenvalue weighted by atomic mass is 16.4. The zero-order valence-corrected chi connectivity index (χ0v) is 11.9. The molecule has 0 spiro atoms. The van der Waals surface area contributed by atoms with E-state index in [1.165, 1.54) is 0 Å². The van der Waals surface area contributed by atoms with Gasteiger partial charge in [-0.2, -0.15) is 0 Å². The summed E-state index contributed by atoms with van der Waals surface area (Å²) in [5.41, 5.74) is 1.15. The third-order valence-electron chi connectivity index (χ3n) is 3.81. The second-order valence-electron chi connectivity index (χ2n) is 5.37. The summed E-state index contributed by atoms with van der Waals surface area (Å²) >= 11 is 0. The van der Waals surface area contributed by atoms with Gasteiger partial charge in [0, 0.05) is 25.4 Å². The number of aliphatic hydroxyl groups is 1. The SMILES string of the molecule is CCCc1cc(C(=O)O)cc(N2CCC(CO)CC2)n1. The molecular weight excluding hydrogens is 256 g/mol. The van der Waals surface area contributed by atoms with Crippen LogP contribution in [0.1, 0.15) is 42.2 Å². The first-order valence-electron chi connectivity index (χ1n) is 7.24. The summed E-state index contributed by atoms with van der Waals surface area (Å²) in [6.45, 7) is 3.94. The van der Waals surface area contributed by atoms with Gasteiger partial charge in [-0.1, -0.05) is 13.3 Å². The minimum absolute atomic E-state index is 0.234. The van der Waals surface area contributed by atoms with Crippen LogP contribution in [-0.2, 0) is 6.42 Å². The number of piperidine rings is 1. The lowest BCUT2D eigenvalue weighted by Crippen LogP contribution is -2.35. The molecule has 1 aromatic heterocycles. The Labute approximate surface area is 119 Å². The Morgan fingerprint density at radius 2 is 2.10 bits per heavy atom.